The Labute approximate surface area is 116 Å². The van der Waals surface area contributed by atoms with E-state index in [1.165, 1.54) is 13.8 Å². The molecule has 6 nitrogen and oxygen atoms in total. The number of carbonyl (C=O) groups is 3. The van der Waals surface area contributed by atoms with E-state index in [0.717, 1.165) is 0 Å². The van der Waals surface area contributed by atoms with Gasteiger partial charge in [0.15, 0.2) is 5.60 Å². The molecule has 110 valence electrons. The van der Waals surface area contributed by atoms with Crippen molar-refractivity contribution in [1.29, 1.82) is 0 Å². The number of esters is 2. The molecule has 3 saturated carbocycles. The number of ketones is 1. The predicted molar refractivity (Wildman–Crippen MR) is 65.7 cm³/mol. The van der Waals surface area contributed by atoms with Gasteiger partial charge in [-0.1, -0.05) is 0 Å². The van der Waals surface area contributed by atoms with Gasteiger partial charge in [0, 0.05) is 32.6 Å². The molecule has 0 radical (unpaired) electrons. The van der Waals surface area contributed by atoms with Crippen LogP contribution < -0.4 is 0 Å². The molecular weight excluding hydrogens is 264 g/mol. The molecular formula is C14H18O6. The van der Waals surface area contributed by atoms with Crippen LogP contribution in [0.4, 0.5) is 0 Å². The minimum atomic E-state index is -0.847. The van der Waals surface area contributed by atoms with Crippen LogP contribution >= 0.6 is 0 Å². The fraction of sp³-hybridized carbons (Fsp3) is 0.786. The summed E-state index contributed by atoms with van der Waals surface area (Å²) >= 11 is 0. The van der Waals surface area contributed by atoms with Crippen LogP contribution in [0.5, 0.6) is 0 Å². The summed E-state index contributed by atoms with van der Waals surface area (Å²) in [5, 5.41) is 0. The average Bonchev–Trinajstić information content (AvgIpc) is 2.41. The number of Topliss-reactive ketones (excluding diaryl/α,β-unsaturated/α-hetero) is 1. The van der Waals surface area contributed by atoms with Gasteiger partial charge in [0.25, 0.3) is 0 Å². The molecule has 1 heterocycles. The van der Waals surface area contributed by atoms with Crippen LogP contribution in [0.15, 0.2) is 0 Å². The zero-order valence-electron chi connectivity index (χ0n) is 11.9. The number of hydrogen-bond donors (Lipinski definition) is 0. The molecule has 4 fully saturated rings. The normalized spacial score (nSPS) is 44.8. The summed E-state index contributed by atoms with van der Waals surface area (Å²) in [6, 6.07) is 0. The molecule has 1 aliphatic heterocycles. The predicted octanol–water partition coefficient (Wildman–Crippen LogP) is 0.619. The summed E-state index contributed by atoms with van der Waals surface area (Å²) < 4.78 is 16.6. The SMILES string of the molecule is CC(=O)OC[C@@]12CO[C@@]3(C)CC(=O)[C@@H]1C[C@@]23OC(C)=O. The molecule has 1 saturated heterocycles. The molecule has 3 aliphatic carbocycles. The van der Waals surface area contributed by atoms with Gasteiger partial charge in [-0.25, -0.2) is 0 Å². The van der Waals surface area contributed by atoms with Crippen molar-refractivity contribution in [3.63, 3.8) is 0 Å². The minimum absolute atomic E-state index is 0.0572. The molecule has 0 aromatic heterocycles. The van der Waals surface area contributed by atoms with Gasteiger partial charge < -0.3 is 14.2 Å². The highest BCUT2D eigenvalue weighted by Gasteiger charge is 2.84. The third-order valence-electron chi connectivity index (χ3n) is 5.22. The largest absolute Gasteiger partial charge is 0.465 e. The van der Waals surface area contributed by atoms with Crippen LogP contribution in [-0.4, -0.2) is 42.1 Å². The Balaban J connectivity index is 2.00. The third-order valence-corrected chi connectivity index (χ3v) is 5.22. The first-order chi connectivity index (χ1) is 9.26. The Morgan fingerprint density at radius 1 is 1.35 bits per heavy atom. The molecule has 0 amide bonds. The van der Waals surface area contributed by atoms with Gasteiger partial charge in [0.2, 0.25) is 0 Å². The van der Waals surface area contributed by atoms with Crippen molar-refractivity contribution in [2.45, 2.75) is 44.8 Å². The Morgan fingerprint density at radius 2 is 2.05 bits per heavy atom. The summed E-state index contributed by atoms with van der Waals surface area (Å²) in [5.74, 6) is -0.965. The Bertz CT molecular complexity index is 514. The second-order valence-electron chi connectivity index (χ2n) is 6.28. The number of carbonyl (C=O) groups excluding carboxylic acids is 3. The van der Waals surface area contributed by atoms with Crippen molar-refractivity contribution in [3.05, 3.63) is 0 Å². The first-order valence-electron chi connectivity index (χ1n) is 6.76. The standard InChI is InChI=1S/C14H18O6/c1-8(15)18-6-13-7-19-12(3)5-11(17)10(13)4-14(12,13)20-9(2)16/h10H,4-7H2,1-3H3/t10-,12-,13+,14-/m0/s1. The van der Waals surface area contributed by atoms with Crippen LogP contribution in [0.3, 0.4) is 0 Å². The first-order valence-corrected chi connectivity index (χ1v) is 6.76. The second kappa shape index (κ2) is 3.81. The van der Waals surface area contributed by atoms with Crippen LogP contribution in [0.2, 0.25) is 0 Å². The second-order valence-corrected chi connectivity index (χ2v) is 6.28. The lowest BCUT2D eigenvalue weighted by atomic mass is 9.41. The number of rotatable bonds is 3. The van der Waals surface area contributed by atoms with Crippen LogP contribution in [0, 0.1) is 11.3 Å². The maximum absolute atomic E-state index is 12.2. The van der Waals surface area contributed by atoms with E-state index in [2.05, 4.69) is 0 Å². The van der Waals surface area contributed by atoms with E-state index in [9.17, 15) is 14.4 Å². The molecule has 6 heteroatoms. The molecule has 20 heavy (non-hydrogen) atoms. The van der Waals surface area contributed by atoms with Crippen LogP contribution in [-0.2, 0) is 28.6 Å². The van der Waals surface area contributed by atoms with Gasteiger partial charge in [-0.05, 0) is 6.92 Å². The van der Waals surface area contributed by atoms with Gasteiger partial charge in [-0.3, -0.25) is 14.4 Å². The Morgan fingerprint density at radius 3 is 2.65 bits per heavy atom. The van der Waals surface area contributed by atoms with Crippen molar-refractivity contribution in [2.75, 3.05) is 13.2 Å². The molecule has 4 atom stereocenters. The zero-order valence-corrected chi connectivity index (χ0v) is 11.9. The summed E-state index contributed by atoms with van der Waals surface area (Å²) in [4.78, 5) is 34.8. The smallest absolute Gasteiger partial charge is 0.303 e. The highest BCUT2D eigenvalue weighted by molar-refractivity contribution is 5.88. The van der Waals surface area contributed by atoms with E-state index in [-0.39, 0.29) is 31.3 Å². The van der Waals surface area contributed by atoms with Crippen molar-refractivity contribution in [3.8, 4) is 0 Å². The highest BCUT2D eigenvalue weighted by atomic mass is 16.6. The summed E-state index contributed by atoms with van der Waals surface area (Å²) in [5.41, 5.74) is -2.38. The topological polar surface area (TPSA) is 78.9 Å². The fourth-order valence-electron chi connectivity index (χ4n) is 4.26. The van der Waals surface area contributed by atoms with Gasteiger partial charge >= 0.3 is 11.9 Å². The molecule has 4 rings (SSSR count). The maximum Gasteiger partial charge on any atom is 0.303 e. The van der Waals surface area contributed by atoms with Gasteiger partial charge in [-0.2, -0.15) is 0 Å². The summed E-state index contributed by atoms with van der Waals surface area (Å²) in [6.45, 7) is 4.81. The Hall–Kier alpha value is -1.43. The quantitative estimate of drug-likeness (QED) is 0.706. The molecule has 4 aliphatic rings. The van der Waals surface area contributed by atoms with E-state index >= 15 is 0 Å². The summed E-state index contributed by atoms with van der Waals surface area (Å²) in [7, 11) is 0. The maximum atomic E-state index is 12.2. The van der Waals surface area contributed by atoms with Crippen molar-refractivity contribution >= 4 is 17.7 Å². The summed E-state index contributed by atoms with van der Waals surface area (Å²) in [6.07, 6.45) is 0.704. The lowest BCUT2D eigenvalue weighted by molar-refractivity contribution is -0.266. The average molecular weight is 282 g/mol. The zero-order chi connectivity index (χ0) is 14.8. The molecule has 0 aromatic carbocycles. The number of ether oxygens (including phenoxy) is 3. The number of fused-ring (bicyclic) bond motifs is 1. The van der Waals surface area contributed by atoms with Gasteiger partial charge in [0.05, 0.1) is 12.0 Å². The number of hydrogen-bond acceptors (Lipinski definition) is 6. The van der Waals surface area contributed by atoms with Gasteiger partial charge in [0.1, 0.15) is 18.0 Å². The first kappa shape index (κ1) is 13.5. The minimum Gasteiger partial charge on any atom is -0.465 e. The molecule has 0 aromatic rings. The van der Waals surface area contributed by atoms with E-state index in [1.807, 2.05) is 0 Å². The lowest BCUT2D eigenvalue weighted by Gasteiger charge is -2.64. The van der Waals surface area contributed by atoms with E-state index in [4.69, 9.17) is 14.2 Å². The fourth-order valence-corrected chi connectivity index (χ4v) is 4.26. The molecule has 0 unspecified atom stereocenters. The molecule has 4 bridgehead atoms. The highest BCUT2D eigenvalue weighted by Crippen LogP contribution is 2.71. The van der Waals surface area contributed by atoms with E-state index in [1.54, 1.807) is 6.92 Å². The van der Waals surface area contributed by atoms with Crippen LogP contribution in [0.25, 0.3) is 0 Å². The third kappa shape index (κ3) is 1.35. The van der Waals surface area contributed by atoms with Crippen molar-refractivity contribution in [1.82, 2.24) is 0 Å². The van der Waals surface area contributed by atoms with E-state index in [0.29, 0.717) is 6.42 Å². The van der Waals surface area contributed by atoms with Crippen LogP contribution in [0.1, 0.15) is 33.6 Å². The molecule has 0 N–H and O–H groups in total. The van der Waals surface area contributed by atoms with E-state index < -0.39 is 28.6 Å². The lowest BCUT2D eigenvalue weighted by Crippen LogP contribution is -2.78. The monoisotopic (exact) mass is 282 g/mol. The van der Waals surface area contributed by atoms with Gasteiger partial charge in [-0.15, -0.1) is 0 Å². The molecule has 0 spiro atoms. The Kier molecular flexibility index (Phi) is 2.58. The van der Waals surface area contributed by atoms with Crippen molar-refractivity contribution < 1.29 is 28.6 Å². The van der Waals surface area contributed by atoms with Crippen molar-refractivity contribution in [2.24, 2.45) is 11.3 Å².